The van der Waals surface area contributed by atoms with E-state index >= 15 is 0 Å². The van der Waals surface area contributed by atoms with Crippen LogP contribution in [0.1, 0.15) is 5.56 Å². The van der Waals surface area contributed by atoms with E-state index < -0.39 is 22.4 Å². The molecule has 154 valence electrons. The van der Waals surface area contributed by atoms with Crippen molar-refractivity contribution >= 4 is 33.2 Å². The average molecular weight is 446 g/mol. The second-order valence-electron chi connectivity index (χ2n) is 6.78. The second kappa shape index (κ2) is 8.14. The number of hydrogen-bond acceptors (Lipinski definition) is 4. The number of benzene rings is 2. The maximum atomic E-state index is 13.3. The number of nitrogens with zero attached hydrogens (tertiary/aromatic N) is 2. The van der Waals surface area contributed by atoms with Crippen LogP contribution in [0.2, 0.25) is 5.02 Å². The van der Waals surface area contributed by atoms with Crippen LogP contribution in [0.4, 0.5) is 10.1 Å². The van der Waals surface area contributed by atoms with Crippen LogP contribution < -0.4 is 9.62 Å². The summed E-state index contributed by atoms with van der Waals surface area (Å²) in [4.78, 5) is 18.0. The minimum absolute atomic E-state index is 0.203. The van der Waals surface area contributed by atoms with Crippen molar-refractivity contribution in [2.24, 2.45) is 0 Å². The third-order valence-electron chi connectivity index (χ3n) is 4.90. The number of hydrogen-bond donors (Lipinski definition) is 1. The predicted octanol–water partition coefficient (Wildman–Crippen LogP) is 3.41. The topological polar surface area (TPSA) is 79.4 Å². The lowest BCUT2D eigenvalue weighted by atomic mass is 10.0. The van der Waals surface area contributed by atoms with Gasteiger partial charge in [0.15, 0.2) is 0 Å². The van der Waals surface area contributed by atoms with Gasteiger partial charge in [-0.2, -0.15) is 0 Å². The molecule has 2 aromatic carbocycles. The summed E-state index contributed by atoms with van der Waals surface area (Å²) < 4.78 is 40.3. The molecule has 1 aliphatic rings. The largest absolute Gasteiger partial charge is 0.311 e. The maximum Gasteiger partial charge on any atom is 0.242 e. The Labute approximate surface area is 178 Å². The number of sulfonamides is 1. The first-order valence-corrected chi connectivity index (χ1v) is 11.0. The summed E-state index contributed by atoms with van der Waals surface area (Å²) in [5.74, 6) is -1.09. The van der Waals surface area contributed by atoms with Crippen LogP contribution in [0, 0.1) is 5.82 Å². The minimum Gasteiger partial charge on any atom is -0.311 e. The third kappa shape index (κ3) is 4.07. The Morgan fingerprint density at radius 1 is 1.10 bits per heavy atom. The molecular formula is C21H17ClFN3O3S. The highest BCUT2D eigenvalue weighted by Crippen LogP contribution is 2.32. The molecule has 0 atom stereocenters. The number of carbonyl (C=O) groups excluding carboxylic acids is 1. The first-order chi connectivity index (χ1) is 14.3. The Kier molecular flexibility index (Phi) is 5.55. The van der Waals surface area contributed by atoms with Crippen LogP contribution in [0.15, 0.2) is 65.8 Å². The van der Waals surface area contributed by atoms with Gasteiger partial charge in [0, 0.05) is 24.6 Å². The van der Waals surface area contributed by atoms with Crippen LogP contribution in [-0.4, -0.2) is 32.4 Å². The summed E-state index contributed by atoms with van der Waals surface area (Å²) in [6.45, 7) is 0.0565. The van der Waals surface area contributed by atoms with Crippen LogP contribution in [0.5, 0.6) is 0 Å². The number of fused-ring (bicyclic) bond motifs is 1. The molecule has 1 N–H and O–H groups in total. The molecule has 1 aromatic heterocycles. The number of pyridine rings is 1. The van der Waals surface area contributed by atoms with Gasteiger partial charge in [0.05, 0.1) is 16.5 Å². The Bertz CT molecular complexity index is 1220. The molecule has 0 spiro atoms. The molecule has 9 heteroatoms. The Morgan fingerprint density at radius 3 is 2.60 bits per heavy atom. The summed E-state index contributed by atoms with van der Waals surface area (Å²) in [5, 5.41) is -0.303. The van der Waals surface area contributed by atoms with Crippen molar-refractivity contribution < 1.29 is 17.6 Å². The van der Waals surface area contributed by atoms with E-state index in [9.17, 15) is 17.6 Å². The van der Waals surface area contributed by atoms with Crippen molar-refractivity contribution in [3.63, 3.8) is 0 Å². The number of nitrogens with one attached hydrogen (secondary N) is 1. The molecule has 0 fully saturated rings. The summed E-state index contributed by atoms with van der Waals surface area (Å²) in [5.41, 5.74) is 3.84. The number of aromatic nitrogens is 1. The lowest BCUT2D eigenvalue weighted by Crippen LogP contribution is -2.39. The minimum atomic E-state index is -4.00. The van der Waals surface area contributed by atoms with Gasteiger partial charge in [0.2, 0.25) is 15.9 Å². The van der Waals surface area contributed by atoms with Gasteiger partial charge in [-0.25, -0.2) is 17.5 Å². The van der Waals surface area contributed by atoms with Crippen LogP contribution >= 0.6 is 11.6 Å². The van der Waals surface area contributed by atoms with Crippen LogP contribution in [0.3, 0.4) is 0 Å². The molecule has 2 heterocycles. The van der Waals surface area contributed by atoms with Crippen molar-refractivity contribution in [2.45, 2.75) is 11.3 Å². The van der Waals surface area contributed by atoms with Gasteiger partial charge in [-0.05, 0) is 65.6 Å². The van der Waals surface area contributed by atoms with E-state index in [0.717, 1.165) is 40.6 Å². The van der Waals surface area contributed by atoms with E-state index in [-0.39, 0.29) is 15.8 Å². The number of anilines is 1. The lowest BCUT2D eigenvalue weighted by molar-refractivity contribution is -0.117. The van der Waals surface area contributed by atoms with E-state index in [1.165, 1.54) is 0 Å². The van der Waals surface area contributed by atoms with Crippen molar-refractivity contribution in [1.82, 2.24) is 9.71 Å². The van der Waals surface area contributed by atoms with Crippen LogP contribution in [-0.2, 0) is 21.2 Å². The highest BCUT2D eigenvalue weighted by Gasteiger charge is 2.26. The fourth-order valence-electron chi connectivity index (χ4n) is 3.36. The standard InChI is InChI=1S/C21H17ClFN3O3S/c22-18-12-17(2-3-19(18)23)30(28,29)25-13-21(27)26-10-7-16-11-15(1-4-20(16)26)14-5-8-24-9-6-14/h1-6,8-9,11-12,25H,7,10,13H2. The van der Waals surface area contributed by atoms with Crippen LogP contribution in [0.25, 0.3) is 11.1 Å². The highest BCUT2D eigenvalue weighted by atomic mass is 35.5. The highest BCUT2D eigenvalue weighted by molar-refractivity contribution is 7.89. The lowest BCUT2D eigenvalue weighted by Gasteiger charge is -2.18. The molecule has 4 rings (SSSR count). The van der Waals surface area contributed by atoms with Gasteiger partial charge in [-0.15, -0.1) is 0 Å². The summed E-state index contributed by atoms with van der Waals surface area (Å²) >= 11 is 5.65. The van der Waals surface area contributed by atoms with Gasteiger partial charge >= 0.3 is 0 Å². The van der Waals surface area contributed by atoms with Gasteiger partial charge in [0.1, 0.15) is 5.82 Å². The van der Waals surface area contributed by atoms with E-state index in [2.05, 4.69) is 9.71 Å². The quantitative estimate of drug-likeness (QED) is 0.652. The zero-order valence-corrected chi connectivity index (χ0v) is 17.3. The molecule has 0 saturated heterocycles. The molecule has 1 aliphatic heterocycles. The van der Waals surface area contributed by atoms with Crippen molar-refractivity contribution in [2.75, 3.05) is 18.0 Å². The van der Waals surface area contributed by atoms with E-state index in [1.54, 1.807) is 17.3 Å². The van der Waals surface area contributed by atoms with Crippen molar-refractivity contribution in [1.29, 1.82) is 0 Å². The number of rotatable bonds is 5. The third-order valence-corrected chi connectivity index (χ3v) is 6.59. The zero-order valence-electron chi connectivity index (χ0n) is 15.7. The van der Waals surface area contributed by atoms with E-state index in [1.807, 2.05) is 30.3 Å². The fourth-order valence-corrected chi connectivity index (χ4v) is 4.61. The van der Waals surface area contributed by atoms with Crippen molar-refractivity contribution in [3.8, 4) is 11.1 Å². The summed E-state index contributed by atoms with van der Waals surface area (Å²) in [6.07, 6.45) is 4.12. The second-order valence-corrected chi connectivity index (χ2v) is 8.95. The number of halogens is 2. The molecule has 0 saturated carbocycles. The molecule has 0 bridgehead atoms. The molecule has 30 heavy (non-hydrogen) atoms. The normalized spacial score (nSPS) is 13.3. The first kappa shape index (κ1) is 20.5. The zero-order chi connectivity index (χ0) is 21.3. The van der Waals surface area contributed by atoms with Crippen molar-refractivity contribution in [3.05, 3.63) is 77.3 Å². The molecular weight excluding hydrogens is 429 g/mol. The molecule has 1 amide bonds. The maximum absolute atomic E-state index is 13.3. The predicted molar refractivity (Wildman–Crippen MR) is 112 cm³/mol. The van der Waals surface area contributed by atoms with Gasteiger partial charge in [0.25, 0.3) is 0 Å². The molecule has 6 nitrogen and oxygen atoms in total. The fraction of sp³-hybridized carbons (Fsp3) is 0.143. The molecule has 3 aromatic rings. The Morgan fingerprint density at radius 2 is 1.87 bits per heavy atom. The van der Waals surface area contributed by atoms with E-state index in [0.29, 0.717) is 13.0 Å². The van der Waals surface area contributed by atoms with Gasteiger partial charge in [-0.1, -0.05) is 17.7 Å². The number of amides is 1. The summed E-state index contributed by atoms with van der Waals surface area (Å²) in [6, 6.07) is 12.7. The van der Waals surface area contributed by atoms with E-state index in [4.69, 9.17) is 11.6 Å². The molecule has 0 aliphatic carbocycles. The summed E-state index contributed by atoms with van der Waals surface area (Å²) in [7, 11) is -4.00. The smallest absolute Gasteiger partial charge is 0.242 e. The average Bonchev–Trinajstić information content (AvgIpc) is 3.18. The molecule has 0 unspecified atom stereocenters. The first-order valence-electron chi connectivity index (χ1n) is 9.13. The Balaban J connectivity index is 1.47. The SMILES string of the molecule is O=C(CNS(=O)(=O)c1ccc(F)c(Cl)c1)N1CCc2cc(-c3ccncc3)ccc21. The van der Waals surface area contributed by atoms with Gasteiger partial charge in [-0.3, -0.25) is 9.78 Å². The number of carbonyl (C=O) groups is 1. The van der Waals surface area contributed by atoms with Gasteiger partial charge < -0.3 is 4.90 Å². The monoisotopic (exact) mass is 445 g/mol. The molecule has 0 radical (unpaired) electrons. The Hall–Kier alpha value is -2.81.